The third-order valence-electron chi connectivity index (χ3n) is 2.83. The quantitative estimate of drug-likeness (QED) is 0.782. The first kappa shape index (κ1) is 14.5. The predicted molar refractivity (Wildman–Crippen MR) is 74.6 cm³/mol. The van der Waals surface area contributed by atoms with Crippen molar-refractivity contribution in [2.24, 2.45) is 0 Å². The Hall–Kier alpha value is -1.94. The average Bonchev–Trinajstić information content (AvgIpc) is 2.47. The van der Waals surface area contributed by atoms with Crippen molar-refractivity contribution in [2.45, 2.75) is 13.0 Å². The first-order valence-corrected chi connectivity index (χ1v) is 6.58. The van der Waals surface area contributed by atoms with Crippen LogP contribution in [0, 0.1) is 11.6 Å². The molecule has 2 rings (SSSR count). The molecule has 0 aliphatic heterocycles. The molecule has 0 radical (unpaired) electrons. The van der Waals surface area contributed by atoms with Crippen LogP contribution in [-0.4, -0.2) is 13.2 Å². The summed E-state index contributed by atoms with van der Waals surface area (Å²) in [6.45, 7) is 1.58. The smallest absolute Gasteiger partial charge is 0.127 e. The molecule has 0 spiro atoms. The van der Waals surface area contributed by atoms with Gasteiger partial charge in [0.25, 0.3) is 0 Å². The van der Waals surface area contributed by atoms with Gasteiger partial charge in [-0.3, -0.25) is 0 Å². The van der Waals surface area contributed by atoms with E-state index in [0.29, 0.717) is 25.3 Å². The van der Waals surface area contributed by atoms with Crippen molar-refractivity contribution in [3.05, 3.63) is 65.7 Å². The zero-order valence-corrected chi connectivity index (χ0v) is 11.1. The minimum Gasteiger partial charge on any atom is -0.494 e. The van der Waals surface area contributed by atoms with Crippen LogP contribution in [0.2, 0.25) is 0 Å². The van der Waals surface area contributed by atoms with Crippen LogP contribution in [0.4, 0.5) is 8.78 Å². The van der Waals surface area contributed by atoms with Crippen molar-refractivity contribution < 1.29 is 13.5 Å². The van der Waals surface area contributed by atoms with E-state index < -0.39 is 5.82 Å². The highest BCUT2D eigenvalue weighted by atomic mass is 19.1. The minimum absolute atomic E-state index is 0.314. The Morgan fingerprint density at radius 1 is 1.00 bits per heavy atom. The zero-order valence-electron chi connectivity index (χ0n) is 11.1. The number of rotatable bonds is 7. The van der Waals surface area contributed by atoms with Crippen molar-refractivity contribution >= 4 is 0 Å². The number of hydrogen-bond donors (Lipinski definition) is 1. The molecule has 0 heterocycles. The van der Waals surface area contributed by atoms with E-state index in [0.717, 1.165) is 24.3 Å². The van der Waals surface area contributed by atoms with Crippen LogP contribution in [0.5, 0.6) is 5.75 Å². The van der Waals surface area contributed by atoms with Crippen molar-refractivity contribution in [2.75, 3.05) is 13.2 Å². The molecule has 0 amide bonds. The molecule has 0 aliphatic rings. The summed E-state index contributed by atoms with van der Waals surface area (Å²) in [6, 6.07) is 13.0. The van der Waals surface area contributed by atoms with Crippen molar-refractivity contribution in [1.29, 1.82) is 0 Å². The Bertz CT molecular complexity index is 531. The van der Waals surface area contributed by atoms with Crippen LogP contribution in [0.1, 0.15) is 12.0 Å². The predicted octanol–water partition coefficient (Wildman–Crippen LogP) is 3.52. The van der Waals surface area contributed by atoms with Gasteiger partial charge in [-0.2, -0.15) is 0 Å². The van der Waals surface area contributed by atoms with E-state index in [1.165, 1.54) is 6.07 Å². The maximum Gasteiger partial charge on any atom is 0.127 e. The number of ether oxygens (including phenoxy) is 1. The van der Waals surface area contributed by atoms with E-state index >= 15 is 0 Å². The topological polar surface area (TPSA) is 21.3 Å². The number of hydrogen-bond acceptors (Lipinski definition) is 2. The van der Waals surface area contributed by atoms with E-state index in [2.05, 4.69) is 5.32 Å². The van der Waals surface area contributed by atoms with E-state index in [1.54, 1.807) is 0 Å². The van der Waals surface area contributed by atoms with Gasteiger partial charge in [0.1, 0.15) is 17.4 Å². The molecule has 2 aromatic carbocycles. The van der Waals surface area contributed by atoms with Gasteiger partial charge in [-0.25, -0.2) is 8.78 Å². The Balaban J connectivity index is 1.63. The molecular weight excluding hydrogens is 260 g/mol. The molecule has 106 valence electrons. The van der Waals surface area contributed by atoms with Crippen molar-refractivity contribution in [3.8, 4) is 5.75 Å². The van der Waals surface area contributed by atoms with Gasteiger partial charge in [0.05, 0.1) is 6.61 Å². The molecule has 0 saturated carbocycles. The fourth-order valence-electron chi connectivity index (χ4n) is 1.81. The summed E-state index contributed by atoms with van der Waals surface area (Å²) in [6.07, 6.45) is 0.797. The van der Waals surface area contributed by atoms with Crippen LogP contribution in [0.25, 0.3) is 0 Å². The number of para-hydroxylation sites is 1. The van der Waals surface area contributed by atoms with Gasteiger partial charge in [0, 0.05) is 12.1 Å². The summed E-state index contributed by atoms with van der Waals surface area (Å²) >= 11 is 0. The van der Waals surface area contributed by atoms with Crippen LogP contribution < -0.4 is 10.1 Å². The van der Waals surface area contributed by atoms with E-state index in [9.17, 15) is 8.78 Å². The zero-order chi connectivity index (χ0) is 14.2. The number of benzene rings is 2. The summed E-state index contributed by atoms with van der Waals surface area (Å²) in [5, 5.41) is 3.07. The first-order chi connectivity index (χ1) is 9.75. The first-order valence-electron chi connectivity index (χ1n) is 6.58. The van der Waals surface area contributed by atoms with Gasteiger partial charge in [0.15, 0.2) is 0 Å². The third-order valence-corrected chi connectivity index (χ3v) is 2.83. The summed E-state index contributed by atoms with van der Waals surface area (Å²) in [5.74, 6) is 0.0266. The fourth-order valence-corrected chi connectivity index (χ4v) is 1.81. The van der Waals surface area contributed by atoms with Gasteiger partial charge in [0.2, 0.25) is 0 Å². The summed E-state index contributed by atoms with van der Waals surface area (Å²) < 4.78 is 31.8. The number of halogens is 2. The second-order valence-electron chi connectivity index (χ2n) is 4.43. The van der Waals surface area contributed by atoms with Crippen LogP contribution in [-0.2, 0) is 6.54 Å². The molecule has 2 nitrogen and oxygen atoms in total. The second kappa shape index (κ2) is 7.60. The normalized spacial score (nSPS) is 10.5. The molecule has 0 aliphatic carbocycles. The Morgan fingerprint density at radius 3 is 2.60 bits per heavy atom. The fraction of sp³-hybridized carbons (Fsp3) is 0.250. The van der Waals surface area contributed by atoms with Gasteiger partial charge < -0.3 is 10.1 Å². The highest BCUT2D eigenvalue weighted by molar-refractivity contribution is 5.21. The lowest BCUT2D eigenvalue weighted by molar-refractivity contribution is 0.308. The Labute approximate surface area is 117 Å². The molecule has 0 aromatic heterocycles. The average molecular weight is 277 g/mol. The summed E-state index contributed by atoms with van der Waals surface area (Å²) in [7, 11) is 0. The minimum atomic E-state index is -0.421. The van der Waals surface area contributed by atoms with Crippen LogP contribution >= 0.6 is 0 Å². The van der Waals surface area contributed by atoms with Crippen LogP contribution in [0.15, 0.2) is 48.5 Å². The SMILES string of the molecule is Fc1ccc(F)c(CNCCCOc2ccccc2)c1. The molecule has 4 heteroatoms. The monoisotopic (exact) mass is 277 g/mol. The summed E-state index contributed by atoms with van der Waals surface area (Å²) in [4.78, 5) is 0. The maximum atomic E-state index is 13.3. The second-order valence-corrected chi connectivity index (χ2v) is 4.43. The maximum absolute atomic E-state index is 13.3. The summed E-state index contributed by atoms with van der Waals surface area (Å²) in [5.41, 5.74) is 0.342. The van der Waals surface area contributed by atoms with E-state index in [4.69, 9.17) is 4.74 Å². The molecule has 1 N–H and O–H groups in total. The van der Waals surface area contributed by atoms with Gasteiger partial charge >= 0.3 is 0 Å². The lowest BCUT2D eigenvalue weighted by atomic mass is 10.2. The Kier molecular flexibility index (Phi) is 5.50. The van der Waals surface area contributed by atoms with Crippen molar-refractivity contribution in [1.82, 2.24) is 5.32 Å². The van der Waals surface area contributed by atoms with Crippen molar-refractivity contribution in [3.63, 3.8) is 0 Å². The molecule has 20 heavy (non-hydrogen) atoms. The third kappa shape index (κ3) is 4.63. The Morgan fingerprint density at radius 2 is 1.80 bits per heavy atom. The molecule has 0 saturated heterocycles. The van der Waals surface area contributed by atoms with E-state index in [-0.39, 0.29) is 5.82 Å². The van der Waals surface area contributed by atoms with Gasteiger partial charge in [-0.15, -0.1) is 0 Å². The van der Waals surface area contributed by atoms with Gasteiger partial charge in [-0.1, -0.05) is 18.2 Å². The van der Waals surface area contributed by atoms with Crippen LogP contribution in [0.3, 0.4) is 0 Å². The molecular formula is C16H17F2NO. The standard InChI is InChI=1S/C16H17F2NO/c17-14-7-8-16(18)13(11-14)12-19-9-4-10-20-15-5-2-1-3-6-15/h1-3,5-8,11,19H,4,9-10,12H2. The molecule has 2 aromatic rings. The van der Waals surface area contributed by atoms with E-state index in [1.807, 2.05) is 30.3 Å². The largest absolute Gasteiger partial charge is 0.494 e. The highest BCUT2D eigenvalue weighted by Gasteiger charge is 2.02. The number of nitrogens with one attached hydrogen (secondary N) is 1. The molecule has 0 atom stereocenters. The lowest BCUT2D eigenvalue weighted by Crippen LogP contribution is -2.17. The molecule has 0 unspecified atom stereocenters. The molecule has 0 bridgehead atoms. The molecule has 0 fully saturated rings. The highest BCUT2D eigenvalue weighted by Crippen LogP contribution is 2.10. The van der Waals surface area contributed by atoms with Gasteiger partial charge in [-0.05, 0) is 43.3 Å². The lowest BCUT2D eigenvalue weighted by Gasteiger charge is -2.08.